The lowest BCUT2D eigenvalue weighted by molar-refractivity contribution is 0.102. The summed E-state index contributed by atoms with van der Waals surface area (Å²) in [5, 5.41) is 10.7. The number of hydrogen-bond donors (Lipinski definition) is 1. The molecule has 0 saturated heterocycles. The average molecular weight is 258 g/mol. The van der Waals surface area contributed by atoms with Gasteiger partial charge in [-0.15, -0.1) is 0 Å². The van der Waals surface area contributed by atoms with Gasteiger partial charge in [0.05, 0.1) is 0 Å². The van der Waals surface area contributed by atoms with Gasteiger partial charge in [0.25, 0.3) is 0 Å². The van der Waals surface area contributed by atoms with E-state index in [1.807, 2.05) is 32.0 Å². The molecule has 1 N–H and O–H groups in total. The van der Waals surface area contributed by atoms with Crippen molar-refractivity contribution in [2.24, 2.45) is 0 Å². The van der Waals surface area contributed by atoms with Gasteiger partial charge in [-0.1, -0.05) is 30.3 Å². The number of halogens is 1. The molecule has 1 atom stereocenters. The summed E-state index contributed by atoms with van der Waals surface area (Å²) in [6.45, 7) is 7.44. The van der Waals surface area contributed by atoms with E-state index in [0.29, 0.717) is 11.1 Å². The Kier molecular flexibility index (Phi) is 3.46. The highest BCUT2D eigenvalue weighted by atomic mass is 19.1. The first-order valence-electron chi connectivity index (χ1n) is 6.39. The first kappa shape index (κ1) is 13.8. The van der Waals surface area contributed by atoms with Crippen LogP contribution in [0.15, 0.2) is 36.4 Å². The lowest BCUT2D eigenvalue weighted by Crippen LogP contribution is -2.23. The van der Waals surface area contributed by atoms with E-state index in [-0.39, 0.29) is 5.82 Å². The Balaban J connectivity index is 2.51. The molecule has 2 rings (SSSR count). The van der Waals surface area contributed by atoms with Crippen molar-refractivity contribution in [1.82, 2.24) is 0 Å². The highest BCUT2D eigenvalue weighted by molar-refractivity contribution is 5.40. The Labute approximate surface area is 113 Å². The Bertz CT molecular complexity index is 561. The standard InChI is InChI=1S/C17H19FO/c1-11-5-7-14(9-13(11)3)17(4,19)15-8-6-12(2)16(18)10-15/h5-10,19H,1-4H3. The molecule has 0 amide bonds. The summed E-state index contributed by atoms with van der Waals surface area (Å²) in [7, 11) is 0. The average Bonchev–Trinajstić information content (AvgIpc) is 2.35. The maximum absolute atomic E-state index is 13.7. The first-order chi connectivity index (χ1) is 8.82. The molecule has 2 aromatic rings. The molecule has 0 aliphatic heterocycles. The molecule has 0 heterocycles. The molecule has 2 aromatic carbocycles. The number of benzene rings is 2. The summed E-state index contributed by atoms with van der Waals surface area (Å²) in [4.78, 5) is 0. The maximum Gasteiger partial charge on any atom is 0.126 e. The number of rotatable bonds is 2. The molecule has 1 nitrogen and oxygen atoms in total. The van der Waals surface area contributed by atoms with Crippen molar-refractivity contribution in [3.63, 3.8) is 0 Å². The van der Waals surface area contributed by atoms with E-state index in [9.17, 15) is 9.50 Å². The van der Waals surface area contributed by atoms with E-state index in [1.54, 1.807) is 26.0 Å². The second-order valence-corrected chi connectivity index (χ2v) is 5.34. The zero-order chi connectivity index (χ0) is 14.2. The SMILES string of the molecule is Cc1ccc(C(C)(O)c2ccc(C)c(F)c2)cc1C. The zero-order valence-corrected chi connectivity index (χ0v) is 11.8. The third-order valence-corrected chi connectivity index (χ3v) is 3.80. The van der Waals surface area contributed by atoms with E-state index in [1.165, 1.54) is 11.6 Å². The van der Waals surface area contributed by atoms with Crippen LogP contribution >= 0.6 is 0 Å². The van der Waals surface area contributed by atoms with Gasteiger partial charge in [0.15, 0.2) is 0 Å². The van der Waals surface area contributed by atoms with E-state index in [0.717, 1.165) is 11.1 Å². The van der Waals surface area contributed by atoms with E-state index >= 15 is 0 Å². The molecule has 0 aromatic heterocycles. The normalized spacial score (nSPS) is 14.2. The van der Waals surface area contributed by atoms with Crippen LogP contribution in [0.2, 0.25) is 0 Å². The second kappa shape index (κ2) is 4.78. The fourth-order valence-electron chi connectivity index (χ4n) is 2.11. The predicted molar refractivity (Wildman–Crippen MR) is 75.7 cm³/mol. The molecule has 0 aliphatic rings. The molecular formula is C17H19FO. The fourth-order valence-corrected chi connectivity index (χ4v) is 2.11. The van der Waals surface area contributed by atoms with Crippen molar-refractivity contribution in [3.8, 4) is 0 Å². The summed E-state index contributed by atoms with van der Waals surface area (Å²) in [5.41, 5.74) is 3.03. The van der Waals surface area contributed by atoms with Crippen molar-refractivity contribution in [2.75, 3.05) is 0 Å². The van der Waals surface area contributed by atoms with Gasteiger partial charge < -0.3 is 5.11 Å². The summed E-state index contributed by atoms with van der Waals surface area (Å²) >= 11 is 0. The van der Waals surface area contributed by atoms with Crippen LogP contribution in [0.5, 0.6) is 0 Å². The van der Waals surface area contributed by atoms with Crippen molar-refractivity contribution in [3.05, 3.63) is 70.0 Å². The van der Waals surface area contributed by atoms with Crippen LogP contribution in [-0.2, 0) is 5.60 Å². The van der Waals surface area contributed by atoms with Crippen molar-refractivity contribution in [1.29, 1.82) is 0 Å². The van der Waals surface area contributed by atoms with Crippen molar-refractivity contribution in [2.45, 2.75) is 33.3 Å². The number of aryl methyl sites for hydroxylation is 3. The van der Waals surface area contributed by atoms with E-state index < -0.39 is 5.60 Å². The van der Waals surface area contributed by atoms with Crippen molar-refractivity contribution < 1.29 is 9.50 Å². The quantitative estimate of drug-likeness (QED) is 0.863. The van der Waals surface area contributed by atoms with Gasteiger partial charge in [-0.3, -0.25) is 0 Å². The van der Waals surface area contributed by atoms with Gasteiger partial charge >= 0.3 is 0 Å². The minimum Gasteiger partial charge on any atom is -0.381 e. The van der Waals surface area contributed by atoms with Gasteiger partial charge in [-0.05, 0) is 61.6 Å². The molecule has 100 valence electrons. The van der Waals surface area contributed by atoms with Gasteiger partial charge in [0, 0.05) is 0 Å². The van der Waals surface area contributed by atoms with Gasteiger partial charge in [0.1, 0.15) is 11.4 Å². The van der Waals surface area contributed by atoms with Crippen LogP contribution in [-0.4, -0.2) is 5.11 Å². The lowest BCUT2D eigenvalue weighted by atomic mass is 9.86. The van der Waals surface area contributed by atoms with Crippen LogP contribution in [0.3, 0.4) is 0 Å². The maximum atomic E-state index is 13.7. The van der Waals surface area contributed by atoms with Crippen molar-refractivity contribution >= 4 is 0 Å². The molecule has 0 fully saturated rings. The summed E-state index contributed by atoms with van der Waals surface area (Å²) < 4.78 is 13.7. The monoisotopic (exact) mass is 258 g/mol. The molecule has 1 unspecified atom stereocenters. The lowest BCUT2D eigenvalue weighted by Gasteiger charge is -2.25. The minimum atomic E-state index is -1.19. The Hall–Kier alpha value is -1.67. The van der Waals surface area contributed by atoms with Gasteiger partial charge in [0.2, 0.25) is 0 Å². The summed E-state index contributed by atoms with van der Waals surface area (Å²) in [6, 6.07) is 10.7. The van der Waals surface area contributed by atoms with E-state index in [4.69, 9.17) is 0 Å². The van der Waals surface area contributed by atoms with Crippen LogP contribution in [0, 0.1) is 26.6 Å². The summed E-state index contributed by atoms with van der Waals surface area (Å²) in [6.07, 6.45) is 0. The van der Waals surface area contributed by atoms with E-state index in [2.05, 4.69) is 0 Å². The molecular weight excluding hydrogens is 239 g/mol. The Morgan fingerprint density at radius 1 is 0.842 bits per heavy atom. The van der Waals surface area contributed by atoms with Gasteiger partial charge in [-0.2, -0.15) is 0 Å². The predicted octanol–water partition coefficient (Wildman–Crippen LogP) is 4.01. The zero-order valence-electron chi connectivity index (χ0n) is 11.8. The molecule has 2 heteroatoms. The fraction of sp³-hybridized carbons (Fsp3) is 0.294. The molecule has 0 spiro atoms. The highest BCUT2D eigenvalue weighted by Gasteiger charge is 2.26. The number of hydrogen-bond acceptors (Lipinski definition) is 1. The topological polar surface area (TPSA) is 20.2 Å². The van der Waals surface area contributed by atoms with Gasteiger partial charge in [-0.25, -0.2) is 4.39 Å². The molecule has 19 heavy (non-hydrogen) atoms. The van der Waals surface area contributed by atoms with Crippen LogP contribution in [0.4, 0.5) is 4.39 Å². The minimum absolute atomic E-state index is 0.290. The number of aliphatic hydroxyl groups is 1. The third kappa shape index (κ3) is 2.54. The Morgan fingerprint density at radius 2 is 1.37 bits per heavy atom. The second-order valence-electron chi connectivity index (χ2n) is 5.34. The molecule has 0 aliphatic carbocycles. The highest BCUT2D eigenvalue weighted by Crippen LogP contribution is 2.31. The molecule has 0 saturated carbocycles. The van der Waals surface area contributed by atoms with Crippen LogP contribution in [0.1, 0.15) is 34.7 Å². The largest absolute Gasteiger partial charge is 0.381 e. The molecule has 0 radical (unpaired) electrons. The Morgan fingerprint density at radius 3 is 1.89 bits per heavy atom. The summed E-state index contributed by atoms with van der Waals surface area (Å²) in [5.74, 6) is -0.290. The smallest absolute Gasteiger partial charge is 0.126 e. The third-order valence-electron chi connectivity index (χ3n) is 3.80. The molecule has 0 bridgehead atoms. The first-order valence-corrected chi connectivity index (χ1v) is 6.39. The van der Waals surface area contributed by atoms with Crippen LogP contribution in [0.25, 0.3) is 0 Å². The van der Waals surface area contributed by atoms with Crippen LogP contribution < -0.4 is 0 Å².